The van der Waals surface area contributed by atoms with Crippen LogP contribution in [0, 0.1) is 6.92 Å². The molecule has 1 aromatic carbocycles. The maximum atomic E-state index is 6.12. The Kier molecular flexibility index (Phi) is 2.86. The lowest BCUT2D eigenvalue weighted by molar-refractivity contribution is 0.00578. The summed E-state index contributed by atoms with van der Waals surface area (Å²) in [6.45, 7) is 12.3. The highest BCUT2D eigenvalue weighted by molar-refractivity contribution is 6.62. The van der Waals surface area contributed by atoms with Crippen LogP contribution in [0.1, 0.15) is 40.2 Å². The second-order valence-electron chi connectivity index (χ2n) is 6.70. The molecule has 0 saturated carbocycles. The van der Waals surface area contributed by atoms with Crippen LogP contribution >= 0.6 is 0 Å². The number of fused-ring (bicyclic) bond motifs is 1. The van der Waals surface area contributed by atoms with E-state index in [1.807, 2.05) is 13.0 Å². The van der Waals surface area contributed by atoms with Crippen molar-refractivity contribution in [2.75, 3.05) is 5.32 Å². The summed E-state index contributed by atoms with van der Waals surface area (Å²) < 4.78 is 18.0. The third-order valence-electron chi connectivity index (χ3n) is 4.54. The molecule has 3 rings (SSSR count). The van der Waals surface area contributed by atoms with Crippen LogP contribution in [-0.2, 0) is 9.31 Å². The SMILES string of the molecule is Cc1cc2c(cc1B1OC(C)(C)C(C)(C)O1)OC(C)N2. The molecule has 1 atom stereocenters. The topological polar surface area (TPSA) is 39.7 Å². The van der Waals surface area contributed by atoms with Crippen molar-refractivity contribution in [3.8, 4) is 5.75 Å². The number of nitrogens with one attached hydrogen (secondary N) is 1. The highest BCUT2D eigenvalue weighted by Gasteiger charge is 2.52. The number of hydrogen-bond acceptors (Lipinski definition) is 4. The standard InChI is InChI=1S/C15H22BNO3/c1-9-7-12-13(18-10(2)17-12)8-11(9)16-19-14(3,4)15(5,6)20-16/h7-8,10,17H,1-6H3. The zero-order chi connectivity index (χ0) is 14.7. The molecule has 5 heteroatoms. The number of benzene rings is 1. The summed E-state index contributed by atoms with van der Waals surface area (Å²) >= 11 is 0. The van der Waals surface area contributed by atoms with E-state index in [0.29, 0.717) is 0 Å². The van der Waals surface area contributed by atoms with E-state index >= 15 is 0 Å². The molecular weight excluding hydrogens is 253 g/mol. The molecule has 2 aliphatic rings. The van der Waals surface area contributed by atoms with Crippen molar-refractivity contribution in [2.24, 2.45) is 0 Å². The summed E-state index contributed by atoms with van der Waals surface area (Å²) in [5.74, 6) is 0.868. The van der Waals surface area contributed by atoms with E-state index in [4.69, 9.17) is 14.0 Å². The molecule has 1 N–H and O–H groups in total. The third kappa shape index (κ3) is 2.00. The van der Waals surface area contributed by atoms with Gasteiger partial charge in [-0.3, -0.25) is 0 Å². The molecule has 20 heavy (non-hydrogen) atoms. The molecule has 2 aliphatic heterocycles. The fourth-order valence-electron chi connectivity index (χ4n) is 2.58. The molecule has 0 bridgehead atoms. The van der Waals surface area contributed by atoms with E-state index in [1.54, 1.807) is 0 Å². The summed E-state index contributed by atoms with van der Waals surface area (Å²) in [6, 6.07) is 4.13. The van der Waals surface area contributed by atoms with Gasteiger partial charge >= 0.3 is 7.12 Å². The van der Waals surface area contributed by atoms with Crippen LogP contribution in [0.3, 0.4) is 0 Å². The molecule has 1 unspecified atom stereocenters. The average molecular weight is 275 g/mol. The molecule has 0 radical (unpaired) electrons. The molecule has 0 aliphatic carbocycles. The predicted octanol–water partition coefficient (Wildman–Crippen LogP) is 2.44. The van der Waals surface area contributed by atoms with Crippen LogP contribution in [0.15, 0.2) is 12.1 Å². The lowest BCUT2D eigenvalue weighted by Gasteiger charge is -2.32. The number of rotatable bonds is 1. The number of aryl methyl sites for hydroxylation is 1. The van der Waals surface area contributed by atoms with Gasteiger partial charge in [-0.15, -0.1) is 0 Å². The van der Waals surface area contributed by atoms with Gasteiger partial charge in [0.1, 0.15) is 5.75 Å². The Balaban J connectivity index is 1.95. The third-order valence-corrected chi connectivity index (χ3v) is 4.54. The molecule has 2 heterocycles. The van der Waals surface area contributed by atoms with E-state index in [9.17, 15) is 0 Å². The molecular formula is C15H22BNO3. The van der Waals surface area contributed by atoms with Crippen LogP contribution in [-0.4, -0.2) is 24.5 Å². The molecule has 1 aromatic rings. The Labute approximate surface area is 120 Å². The van der Waals surface area contributed by atoms with Crippen molar-refractivity contribution in [1.29, 1.82) is 0 Å². The second kappa shape index (κ2) is 4.15. The fraction of sp³-hybridized carbons (Fsp3) is 0.600. The van der Waals surface area contributed by atoms with Gasteiger partial charge in [-0.25, -0.2) is 0 Å². The molecule has 0 amide bonds. The zero-order valence-corrected chi connectivity index (χ0v) is 13.0. The molecule has 1 fully saturated rings. The highest BCUT2D eigenvalue weighted by atomic mass is 16.7. The van der Waals surface area contributed by atoms with Crippen LogP contribution in [0.25, 0.3) is 0 Å². The van der Waals surface area contributed by atoms with E-state index in [-0.39, 0.29) is 24.5 Å². The Bertz CT molecular complexity index is 540. The number of anilines is 1. The first-order chi connectivity index (χ1) is 9.19. The Hall–Kier alpha value is -1.20. The first-order valence-electron chi connectivity index (χ1n) is 7.13. The lowest BCUT2D eigenvalue weighted by atomic mass is 9.76. The highest BCUT2D eigenvalue weighted by Crippen LogP contribution is 2.38. The quantitative estimate of drug-likeness (QED) is 0.799. The summed E-state index contributed by atoms with van der Waals surface area (Å²) in [4.78, 5) is 0. The van der Waals surface area contributed by atoms with Crippen LogP contribution in [0.5, 0.6) is 5.75 Å². The first kappa shape index (κ1) is 13.8. The monoisotopic (exact) mass is 275 g/mol. The second-order valence-corrected chi connectivity index (χ2v) is 6.70. The van der Waals surface area contributed by atoms with Gasteiger partial charge in [-0.05, 0) is 64.7 Å². The van der Waals surface area contributed by atoms with Crippen LogP contribution in [0.4, 0.5) is 5.69 Å². The van der Waals surface area contributed by atoms with Gasteiger partial charge in [-0.2, -0.15) is 0 Å². The number of hydrogen-bond donors (Lipinski definition) is 1. The maximum Gasteiger partial charge on any atom is 0.495 e. The van der Waals surface area contributed by atoms with E-state index in [2.05, 4.69) is 46.0 Å². The minimum Gasteiger partial charge on any atom is -0.469 e. The summed E-state index contributed by atoms with van der Waals surface area (Å²) in [5.41, 5.74) is 2.58. The van der Waals surface area contributed by atoms with Crippen LogP contribution < -0.4 is 15.5 Å². The van der Waals surface area contributed by atoms with Crippen molar-refractivity contribution in [3.05, 3.63) is 17.7 Å². The van der Waals surface area contributed by atoms with Gasteiger partial charge in [0.05, 0.1) is 16.9 Å². The van der Waals surface area contributed by atoms with E-state index < -0.39 is 0 Å². The smallest absolute Gasteiger partial charge is 0.469 e. The summed E-state index contributed by atoms with van der Waals surface area (Å²) in [6.07, 6.45) is 0.0120. The molecule has 1 saturated heterocycles. The van der Waals surface area contributed by atoms with Gasteiger partial charge < -0.3 is 19.4 Å². The van der Waals surface area contributed by atoms with Crippen molar-refractivity contribution < 1.29 is 14.0 Å². The molecule has 4 nitrogen and oxygen atoms in total. The van der Waals surface area contributed by atoms with Gasteiger partial charge in [0.25, 0.3) is 0 Å². The van der Waals surface area contributed by atoms with Crippen molar-refractivity contribution in [1.82, 2.24) is 0 Å². The average Bonchev–Trinajstić information content (AvgIpc) is 2.74. The van der Waals surface area contributed by atoms with Gasteiger partial charge in [-0.1, -0.05) is 0 Å². The molecule has 0 aromatic heterocycles. The van der Waals surface area contributed by atoms with Crippen molar-refractivity contribution in [3.63, 3.8) is 0 Å². The maximum absolute atomic E-state index is 6.12. The van der Waals surface area contributed by atoms with E-state index in [1.165, 1.54) is 0 Å². The first-order valence-corrected chi connectivity index (χ1v) is 7.13. The Morgan fingerprint density at radius 3 is 2.30 bits per heavy atom. The largest absolute Gasteiger partial charge is 0.495 e. The van der Waals surface area contributed by atoms with Gasteiger partial charge in [0.2, 0.25) is 0 Å². The molecule has 0 spiro atoms. The lowest BCUT2D eigenvalue weighted by Crippen LogP contribution is -2.41. The minimum absolute atomic E-state index is 0.0120. The van der Waals surface area contributed by atoms with Crippen LogP contribution in [0.2, 0.25) is 0 Å². The Morgan fingerprint density at radius 1 is 1.10 bits per heavy atom. The zero-order valence-electron chi connectivity index (χ0n) is 13.0. The van der Waals surface area contributed by atoms with Gasteiger partial charge in [0, 0.05) is 0 Å². The van der Waals surface area contributed by atoms with E-state index in [0.717, 1.165) is 22.5 Å². The fourth-order valence-corrected chi connectivity index (χ4v) is 2.58. The summed E-state index contributed by atoms with van der Waals surface area (Å²) in [7, 11) is -0.343. The van der Waals surface area contributed by atoms with Crippen molar-refractivity contribution >= 4 is 18.3 Å². The summed E-state index contributed by atoms with van der Waals surface area (Å²) in [5, 5.41) is 3.28. The molecule has 108 valence electrons. The predicted molar refractivity (Wildman–Crippen MR) is 80.6 cm³/mol. The number of ether oxygens (including phenoxy) is 1. The van der Waals surface area contributed by atoms with Gasteiger partial charge in [0.15, 0.2) is 6.23 Å². The minimum atomic E-state index is -0.343. The Morgan fingerprint density at radius 2 is 1.70 bits per heavy atom. The van der Waals surface area contributed by atoms with Crippen molar-refractivity contribution in [2.45, 2.75) is 59.0 Å². The normalized spacial score (nSPS) is 26.1.